The molecule has 2 aromatic heterocycles. The number of anilines is 1. The average Bonchev–Trinajstić information content (AvgIpc) is 3.19. The van der Waals surface area contributed by atoms with Gasteiger partial charge in [0.1, 0.15) is 0 Å². The Morgan fingerprint density at radius 1 is 1.07 bits per heavy atom. The number of carbonyl (C=O) groups is 1. The van der Waals surface area contributed by atoms with Crippen LogP contribution in [0, 0.1) is 6.92 Å². The van der Waals surface area contributed by atoms with E-state index in [9.17, 15) is 4.79 Å². The van der Waals surface area contributed by atoms with Crippen molar-refractivity contribution < 1.29 is 4.79 Å². The number of rotatable bonds is 6. The predicted octanol–water partition coefficient (Wildman–Crippen LogP) is 5.13. The van der Waals surface area contributed by atoms with Gasteiger partial charge in [-0.05, 0) is 59.3 Å². The van der Waals surface area contributed by atoms with Crippen LogP contribution in [-0.2, 0) is 4.79 Å². The molecule has 0 saturated carbocycles. The molecule has 6 nitrogen and oxygen atoms in total. The van der Waals surface area contributed by atoms with Crippen LogP contribution in [0.3, 0.4) is 0 Å². The molecule has 1 N–H and O–H groups in total. The van der Waals surface area contributed by atoms with Gasteiger partial charge >= 0.3 is 0 Å². The second kappa shape index (κ2) is 9.23. The molecule has 0 unspecified atom stereocenters. The first-order valence-electron chi connectivity index (χ1n) is 9.22. The molecule has 0 radical (unpaired) electrons. The molecule has 0 bridgehead atoms. The van der Waals surface area contributed by atoms with Crippen LogP contribution in [0.4, 0.5) is 5.69 Å². The number of para-hydroxylation sites is 1. The second-order valence-corrected chi connectivity index (χ2v) is 8.33. The smallest absolute Gasteiger partial charge is 0.234 e. The Balaban J connectivity index is 1.60. The monoisotopic (exact) mass is 479 g/mol. The van der Waals surface area contributed by atoms with Gasteiger partial charge in [-0.3, -0.25) is 14.3 Å². The van der Waals surface area contributed by atoms with Crippen molar-refractivity contribution in [2.45, 2.75) is 12.1 Å². The summed E-state index contributed by atoms with van der Waals surface area (Å²) in [5.41, 5.74) is 3.68. The molecule has 0 aliphatic heterocycles. The van der Waals surface area contributed by atoms with E-state index in [1.807, 2.05) is 72.2 Å². The third-order valence-electron chi connectivity index (χ3n) is 4.33. The van der Waals surface area contributed by atoms with E-state index in [0.29, 0.717) is 11.0 Å². The molecule has 0 aliphatic rings. The summed E-state index contributed by atoms with van der Waals surface area (Å²) in [6.07, 6.45) is 3.47. The number of nitrogens with zero attached hydrogens (tertiary/aromatic N) is 4. The van der Waals surface area contributed by atoms with Gasteiger partial charge in [0.2, 0.25) is 5.91 Å². The number of aryl methyl sites for hydroxylation is 1. The Morgan fingerprint density at radius 3 is 2.60 bits per heavy atom. The number of nitrogens with one attached hydrogen (secondary N) is 1. The molecule has 0 spiro atoms. The lowest BCUT2D eigenvalue weighted by atomic mass is 10.2. The lowest BCUT2D eigenvalue weighted by Crippen LogP contribution is -2.15. The number of thioether (sulfide) groups is 1. The van der Waals surface area contributed by atoms with Crippen molar-refractivity contribution in [3.05, 3.63) is 83.1 Å². The molecule has 0 atom stereocenters. The van der Waals surface area contributed by atoms with E-state index < -0.39 is 0 Å². The second-order valence-electron chi connectivity index (χ2n) is 6.54. The molecule has 0 fully saturated rings. The van der Waals surface area contributed by atoms with Gasteiger partial charge in [-0.25, -0.2) is 0 Å². The molecule has 1 amide bonds. The zero-order chi connectivity index (χ0) is 20.9. The van der Waals surface area contributed by atoms with Crippen molar-refractivity contribution in [2.75, 3.05) is 11.1 Å². The van der Waals surface area contributed by atoms with Crippen LogP contribution in [-0.4, -0.2) is 31.4 Å². The molecule has 8 heteroatoms. The van der Waals surface area contributed by atoms with Crippen LogP contribution < -0.4 is 5.32 Å². The third-order valence-corrected chi connectivity index (χ3v) is 5.95. The maximum absolute atomic E-state index is 12.5. The van der Waals surface area contributed by atoms with Crippen molar-refractivity contribution >= 4 is 39.3 Å². The molecule has 150 valence electrons. The summed E-state index contributed by atoms with van der Waals surface area (Å²) in [6.45, 7) is 2.04. The quantitative estimate of drug-likeness (QED) is 0.388. The summed E-state index contributed by atoms with van der Waals surface area (Å²) in [4.78, 5) is 16.7. The first-order chi connectivity index (χ1) is 14.6. The van der Waals surface area contributed by atoms with Crippen molar-refractivity contribution in [3.8, 4) is 17.1 Å². The van der Waals surface area contributed by atoms with Crippen molar-refractivity contribution in [1.82, 2.24) is 19.7 Å². The minimum atomic E-state index is -0.117. The number of pyridine rings is 1. The van der Waals surface area contributed by atoms with Crippen LogP contribution in [0.5, 0.6) is 0 Å². The van der Waals surface area contributed by atoms with Crippen LogP contribution >= 0.6 is 27.7 Å². The number of halogens is 1. The van der Waals surface area contributed by atoms with Crippen LogP contribution in [0.25, 0.3) is 17.1 Å². The SMILES string of the molecule is Cc1ccc(-n2c(SCC(=O)Nc3ccccc3Br)nnc2-c2cccnc2)cc1. The van der Waals surface area contributed by atoms with Gasteiger partial charge in [0.05, 0.1) is 11.4 Å². The minimum absolute atomic E-state index is 0.117. The zero-order valence-corrected chi connectivity index (χ0v) is 18.5. The molecule has 4 aromatic rings. The Kier molecular flexibility index (Phi) is 6.25. The van der Waals surface area contributed by atoms with Crippen LogP contribution in [0.2, 0.25) is 0 Å². The summed E-state index contributed by atoms with van der Waals surface area (Å²) in [5, 5.41) is 12.3. The Morgan fingerprint density at radius 2 is 1.87 bits per heavy atom. The molecule has 0 saturated heterocycles. The summed E-state index contributed by atoms with van der Waals surface area (Å²) in [6, 6.07) is 19.4. The zero-order valence-electron chi connectivity index (χ0n) is 16.1. The summed E-state index contributed by atoms with van der Waals surface area (Å²) in [5.74, 6) is 0.771. The van der Waals surface area contributed by atoms with E-state index in [1.54, 1.807) is 12.4 Å². The topological polar surface area (TPSA) is 72.7 Å². The van der Waals surface area contributed by atoms with Gasteiger partial charge in [0.25, 0.3) is 0 Å². The van der Waals surface area contributed by atoms with Gasteiger partial charge in [0.15, 0.2) is 11.0 Å². The fourth-order valence-electron chi connectivity index (χ4n) is 2.85. The van der Waals surface area contributed by atoms with Gasteiger partial charge < -0.3 is 5.32 Å². The fraction of sp³-hybridized carbons (Fsp3) is 0.0909. The first-order valence-corrected chi connectivity index (χ1v) is 11.0. The van der Waals surface area contributed by atoms with Crippen molar-refractivity contribution in [1.29, 1.82) is 0 Å². The molecule has 30 heavy (non-hydrogen) atoms. The number of hydrogen-bond acceptors (Lipinski definition) is 5. The molecule has 2 aromatic carbocycles. The number of amides is 1. The third kappa shape index (κ3) is 4.60. The maximum atomic E-state index is 12.5. The maximum Gasteiger partial charge on any atom is 0.234 e. The summed E-state index contributed by atoms with van der Waals surface area (Å²) < 4.78 is 2.79. The van der Waals surface area contributed by atoms with E-state index in [2.05, 4.69) is 36.4 Å². The largest absolute Gasteiger partial charge is 0.324 e. The van der Waals surface area contributed by atoms with E-state index >= 15 is 0 Å². The van der Waals surface area contributed by atoms with Crippen LogP contribution in [0.15, 0.2) is 82.7 Å². The molecule has 2 heterocycles. The van der Waals surface area contributed by atoms with E-state index in [1.165, 1.54) is 11.8 Å². The number of carbonyl (C=O) groups excluding carboxylic acids is 1. The van der Waals surface area contributed by atoms with E-state index in [-0.39, 0.29) is 11.7 Å². The van der Waals surface area contributed by atoms with Gasteiger partial charge in [-0.1, -0.05) is 41.6 Å². The summed E-state index contributed by atoms with van der Waals surface area (Å²) in [7, 11) is 0. The fourth-order valence-corrected chi connectivity index (χ4v) is 3.99. The van der Waals surface area contributed by atoms with Gasteiger partial charge in [-0.2, -0.15) is 0 Å². The molecular weight excluding hydrogens is 462 g/mol. The Labute approximate surface area is 186 Å². The van der Waals surface area contributed by atoms with E-state index in [0.717, 1.165) is 27.0 Å². The molecule has 4 rings (SSSR count). The number of benzene rings is 2. The lowest BCUT2D eigenvalue weighted by molar-refractivity contribution is -0.113. The van der Waals surface area contributed by atoms with Crippen molar-refractivity contribution in [3.63, 3.8) is 0 Å². The highest BCUT2D eigenvalue weighted by Crippen LogP contribution is 2.28. The normalized spacial score (nSPS) is 10.7. The van der Waals surface area contributed by atoms with Gasteiger partial charge in [0, 0.05) is 28.1 Å². The van der Waals surface area contributed by atoms with E-state index in [4.69, 9.17) is 0 Å². The number of aromatic nitrogens is 4. The minimum Gasteiger partial charge on any atom is -0.324 e. The summed E-state index contributed by atoms with van der Waals surface area (Å²) >= 11 is 4.78. The molecular formula is C22H18BrN5OS. The van der Waals surface area contributed by atoms with Crippen molar-refractivity contribution in [2.24, 2.45) is 0 Å². The predicted molar refractivity (Wildman–Crippen MR) is 123 cm³/mol. The highest BCUT2D eigenvalue weighted by molar-refractivity contribution is 9.10. The highest BCUT2D eigenvalue weighted by Gasteiger charge is 2.17. The standard InChI is InChI=1S/C22H18BrN5OS/c1-15-8-10-17(11-9-15)28-21(16-5-4-12-24-13-16)26-27-22(28)30-14-20(29)25-19-7-3-2-6-18(19)23/h2-13H,14H2,1H3,(H,25,29). The van der Waals surface area contributed by atoms with Gasteiger partial charge in [-0.15, -0.1) is 10.2 Å². The Bertz CT molecular complexity index is 1160. The molecule has 0 aliphatic carbocycles. The first kappa shape index (κ1) is 20.3. The Hall–Kier alpha value is -2.97. The lowest BCUT2D eigenvalue weighted by Gasteiger charge is -2.11. The van der Waals surface area contributed by atoms with Crippen LogP contribution in [0.1, 0.15) is 5.56 Å². The average molecular weight is 480 g/mol. The highest BCUT2D eigenvalue weighted by atomic mass is 79.9. The number of hydrogen-bond donors (Lipinski definition) is 1.